The molecular formula is C14H12O2. The van der Waals surface area contributed by atoms with Crippen LogP contribution in [0, 0.1) is 11.8 Å². The van der Waals surface area contributed by atoms with Crippen molar-refractivity contribution >= 4 is 11.4 Å². The minimum atomic E-state index is -0.00245. The van der Waals surface area contributed by atoms with E-state index in [0.717, 1.165) is 11.1 Å². The van der Waals surface area contributed by atoms with E-state index in [1.54, 1.807) is 7.11 Å². The van der Waals surface area contributed by atoms with Gasteiger partial charge in [0.2, 0.25) is 5.78 Å². The molecule has 1 aromatic rings. The molecule has 0 heterocycles. The lowest BCUT2D eigenvalue weighted by Gasteiger charge is -2.28. The van der Waals surface area contributed by atoms with Gasteiger partial charge < -0.3 is 4.74 Å². The summed E-state index contributed by atoms with van der Waals surface area (Å²) in [5.41, 5.74) is 2.28. The van der Waals surface area contributed by atoms with Gasteiger partial charge in [-0.05, 0) is 17.2 Å². The molecule has 0 N–H and O–H groups in total. The highest BCUT2D eigenvalue weighted by Crippen LogP contribution is 2.47. The van der Waals surface area contributed by atoms with Crippen LogP contribution in [0.15, 0.2) is 48.2 Å². The molecule has 0 spiro atoms. The van der Waals surface area contributed by atoms with Gasteiger partial charge in [0.05, 0.1) is 13.0 Å². The normalized spacial score (nSPS) is 26.7. The zero-order valence-corrected chi connectivity index (χ0v) is 9.01. The second-order valence-corrected chi connectivity index (χ2v) is 4.14. The van der Waals surface area contributed by atoms with Crippen molar-refractivity contribution in [3.05, 3.63) is 53.8 Å². The fraction of sp³-hybridized carbons (Fsp3) is 0.214. The third kappa shape index (κ3) is 1.16. The number of methoxy groups -OCH3 is 1. The van der Waals surface area contributed by atoms with Gasteiger partial charge in [0, 0.05) is 5.92 Å². The molecule has 2 heteroatoms. The third-order valence-electron chi connectivity index (χ3n) is 3.29. The highest BCUT2D eigenvalue weighted by atomic mass is 16.5. The second-order valence-electron chi connectivity index (χ2n) is 4.14. The van der Waals surface area contributed by atoms with Gasteiger partial charge in [-0.2, -0.15) is 0 Å². The van der Waals surface area contributed by atoms with E-state index in [4.69, 9.17) is 4.74 Å². The van der Waals surface area contributed by atoms with E-state index in [2.05, 4.69) is 6.08 Å². The first-order valence-electron chi connectivity index (χ1n) is 5.38. The fourth-order valence-electron chi connectivity index (χ4n) is 2.44. The molecule has 1 aromatic carbocycles. The van der Waals surface area contributed by atoms with Crippen molar-refractivity contribution in [3.8, 4) is 0 Å². The standard InChI is InChI=1S/C14H12O2/c1-16-12-8-10-7-11(13(10)14(12)15)9-5-3-2-4-6-9/h2-8,10,13H,1H3. The molecule has 2 unspecified atom stereocenters. The smallest absolute Gasteiger partial charge is 0.205 e. The van der Waals surface area contributed by atoms with Crippen LogP contribution >= 0.6 is 0 Å². The molecule has 0 aromatic heterocycles. The zero-order valence-electron chi connectivity index (χ0n) is 9.01. The van der Waals surface area contributed by atoms with Gasteiger partial charge in [-0.15, -0.1) is 0 Å². The van der Waals surface area contributed by atoms with E-state index < -0.39 is 0 Å². The first-order valence-corrected chi connectivity index (χ1v) is 5.38. The number of ether oxygens (including phenoxy) is 1. The predicted molar refractivity (Wildman–Crippen MR) is 61.5 cm³/mol. The molecule has 0 radical (unpaired) electrons. The summed E-state index contributed by atoms with van der Waals surface area (Å²) in [5.74, 6) is 0.876. The van der Waals surface area contributed by atoms with Gasteiger partial charge in [-0.1, -0.05) is 36.4 Å². The third-order valence-corrected chi connectivity index (χ3v) is 3.29. The van der Waals surface area contributed by atoms with E-state index in [1.165, 1.54) is 0 Å². The average molecular weight is 212 g/mol. The Balaban J connectivity index is 1.91. The molecule has 3 rings (SSSR count). The number of rotatable bonds is 2. The Labute approximate surface area is 94.2 Å². The van der Waals surface area contributed by atoms with Crippen LogP contribution in [0.1, 0.15) is 5.56 Å². The maximum atomic E-state index is 11.9. The number of hydrogen-bond acceptors (Lipinski definition) is 2. The van der Waals surface area contributed by atoms with Gasteiger partial charge in [0.15, 0.2) is 5.76 Å². The summed E-state index contributed by atoms with van der Waals surface area (Å²) in [5, 5.41) is 0. The average Bonchev–Trinajstić information content (AvgIpc) is 2.52. The van der Waals surface area contributed by atoms with E-state index in [9.17, 15) is 4.79 Å². The van der Waals surface area contributed by atoms with Gasteiger partial charge in [0.1, 0.15) is 0 Å². The van der Waals surface area contributed by atoms with Crippen molar-refractivity contribution in [2.24, 2.45) is 11.8 Å². The molecule has 16 heavy (non-hydrogen) atoms. The minimum absolute atomic E-state index is 0.00245. The lowest BCUT2D eigenvalue weighted by Crippen LogP contribution is -2.25. The molecule has 0 bridgehead atoms. The van der Waals surface area contributed by atoms with Crippen molar-refractivity contribution in [1.29, 1.82) is 0 Å². The van der Waals surface area contributed by atoms with Crippen LogP contribution < -0.4 is 0 Å². The molecule has 80 valence electrons. The lowest BCUT2D eigenvalue weighted by atomic mass is 9.73. The Hall–Kier alpha value is -1.83. The fourth-order valence-corrected chi connectivity index (χ4v) is 2.44. The van der Waals surface area contributed by atoms with E-state index in [0.29, 0.717) is 5.76 Å². The number of benzene rings is 1. The first kappa shape index (κ1) is 9.40. The van der Waals surface area contributed by atoms with Crippen LogP contribution in [-0.4, -0.2) is 12.9 Å². The van der Waals surface area contributed by atoms with Crippen molar-refractivity contribution in [2.45, 2.75) is 0 Å². The quantitative estimate of drug-likeness (QED) is 0.752. The molecule has 0 saturated heterocycles. The minimum Gasteiger partial charge on any atom is -0.493 e. The number of ketones is 1. The largest absolute Gasteiger partial charge is 0.493 e. The van der Waals surface area contributed by atoms with Crippen molar-refractivity contribution in [1.82, 2.24) is 0 Å². The van der Waals surface area contributed by atoms with Gasteiger partial charge in [0.25, 0.3) is 0 Å². The Bertz CT molecular complexity index is 497. The lowest BCUT2D eigenvalue weighted by molar-refractivity contribution is -0.120. The van der Waals surface area contributed by atoms with Gasteiger partial charge >= 0.3 is 0 Å². The number of hydrogen-bond donors (Lipinski definition) is 0. The van der Waals surface area contributed by atoms with Crippen LogP contribution in [0.3, 0.4) is 0 Å². The maximum Gasteiger partial charge on any atom is 0.205 e. The summed E-state index contributed by atoms with van der Waals surface area (Å²) in [6.45, 7) is 0. The summed E-state index contributed by atoms with van der Waals surface area (Å²) >= 11 is 0. The Morgan fingerprint density at radius 1 is 1.12 bits per heavy atom. The molecule has 2 aliphatic rings. The summed E-state index contributed by atoms with van der Waals surface area (Å²) in [7, 11) is 1.55. The molecular weight excluding hydrogens is 200 g/mol. The molecule has 2 nitrogen and oxygen atoms in total. The van der Waals surface area contributed by atoms with E-state index in [-0.39, 0.29) is 17.6 Å². The van der Waals surface area contributed by atoms with Crippen molar-refractivity contribution < 1.29 is 9.53 Å². The predicted octanol–water partition coefficient (Wildman–Crippen LogP) is 2.43. The monoisotopic (exact) mass is 212 g/mol. The first-order chi connectivity index (χ1) is 7.81. The summed E-state index contributed by atoms with van der Waals surface area (Å²) in [4.78, 5) is 11.9. The molecule has 2 atom stereocenters. The van der Waals surface area contributed by atoms with E-state index in [1.807, 2.05) is 36.4 Å². The second kappa shape index (κ2) is 3.34. The summed E-state index contributed by atoms with van der Waals surface area (Å²) in [6, 6.07) is 10.1. The van der Waals surface area contributed by atoms with Crippen LogP contribution in [0.2, 0.25) is 0 Å². The number of carbonyl (C=O) groups is 1. The van der Waals surface area contributed by atoms with Crippen LogP contribution in [-0.2, 0) is 9.53 Å². The number of fused-ring (bicyclic) bond motifs is 1. The highest BCUT2D eigenvalue weighted by Gasteiger charge is 2.44. The number of carbonyl (C=O) groups excluding carboxylic acids is 1. The molecule has 2 aliphatic carbocycles. The van der Waals surface area contributed by atoms with Crippen LogP contribution in [0.4, 0.5) is 0 Å². The maximum absolute atomic E-state index is 11.9. The number of allylic oxidation sites excluding steroid dienone is 4. The highest BCUT2D eigenvalue weighted by molar-refractivity contribution is 6.08. The van der Waals surface area contributed by atoms with Crippen LogP contribution in [0.25, 0.3) is 5.57 Å². The topological polar surface area (TPSA) is 26.3 Å². The van der Waals surface area contributed by atoms with Crippen molar-refractivity contribution in [2.75, 3.05) is 7.11 Å². The zero-order chi connectivity index (χ0) is 11.1. The molecule has 0 fully saturated rings. The Kier molecular flexibility index (Phi) is 1.96. The summed E-state index contributed by atoms with van der Waals surface area (Å²) < 4.78 is 5.07. The molecule has 0 amide bonds. The van der Waals surface area contributed by atoms with Gasteiger partial charge in [-0.3, -0.25) is 4.79 Å². The van der Waals surface area contributed by atoms with Crippen LogP contribution in [0.5, 0.6) is 0 Å². The van der Waals surface area contributed by atoms with Crippen molar-refractivity contribution in [3.63, 3.8) is 0 Å². The van der Waals surface area contributed by atoms with Gasteiger partial charge in [-0.25, -0.2) is 0 Å². The molecule has 0 aliphatic heterocycles. The number of Topliss-reactive ketones (excluding diaryl/α,β-unsaturated/α-hetero) is 1. The Morgan fingerprint density at radius 3 is 2.56 bits per heavy atom. The Morgan fingerprint density at radius 2 is 1.88 bits per heavy atom. The van der Waals surface area contributed by atoms with E-state index >= 15 is 0 Å². The molecule has 0 saturated carbocycles. The SMILES string of the molecule is COC1=CC2C=C(c3ccccc3)C2C1=O. The summed E-state index contributed by atoms with van der Waals surface area (Å²) in [6.07, 6.45) is 4.06.